The first-order valence-corrected chi connectivity index (χ1v) is 9.06. The van der Waals surface area contributed by atoms with E-state index >= 15 is 0 Å². The summed E-state index contributed by atoms with van der Waals surface area (Å²) in [5.74, 6) is -2.20. The van der Waals surface area contributed by atoms with Gasteiger partial charge in [-0.25, -0.2) is 0 Å². The summed E-state index contributed by atoms with van der Waals surface area (Å²) in [6, 6.07) is 13.5. The van der Waals surface area contributed by atoms with Crippen LogP contribution in [0.2, 0.25) is 0 Å². The maximum Gasteiger partial charge on any atom is 0.201 e. The van der Waals surface area contributed by atoms with Crippen molar-refractivity contribution in [3.05, 3.63) is 81.9 Å². The van der Waals surface area contributed by atoms with Crippen molar-refractivity contribution in [2.45, 2.75) is 13.5 Å². The molecule has 0 aromatic heterocycles. The third-order valence-electron chi connectivity index (χ3n) is 5.18. The molecule has 1 aliphatic carbocycles. The number of phenolic OH excluding ortho intramolecular Hbond substituents is 3. The highest BCUT2D eigenvalue weighted by molar-refractivity contribution is 6.30. The number of fused-ring (bicyclic) bond motifs is 2. The molecule has 3 aromatic rings. The van der Waals surface area contributed by atoms with Gasteiger partial charge in [0.25, 0.3) is 0 Å². The predicted octanol–water partition coefficient (Wildman–Crippen LogP) is 3.52. The summed E-state index contributed by atoms with van der Waals surface area (Å²) in [4.78, 5) is 27.8. The molecule has 0 atom stereocenters. The van der Waals surface area contributed by atoms with Gasteiger partial charge in [0, 0.05) is 30.4 Å². The molecule has 4 rings (SSSR count). The van der Waals surface area contributed by atoms with Crippen LogP contribution in [0.4, 0.5) is 5.69 Å². The van der Waals surface area contributed by atoms with E-state index in [9.17, 15) is 24.9 Å². The monoisotopic (exact) mass is 389 g/mol. The molecule has 0 unspecified atom stereocenters. The summed E-state index contributed by atoms with van der Waals surface area (Å²) >= 11 is 0. The number of nitrogens with zero attached hydrogens (tertiary/aromatic N) is 1. The van der Waals surface area contributed by atoms with Crippen LogP contribution < -0.4 is 4.90 Å². The zero-order chi connectivity index (χ0) is 20.9. The van der Waals surface area contributed by atoms with Crippen LogP contribution in [0.15, 0.2) is 48.5 Å². The third-order valence-corrected chi connectivity index (χ3v) is 5.18. The van der Waals surface area contributed by atoms with Crippen molar-refractivity contribution in [2.24, 2.45) is 0 Å². The number of phenols is 3. The summed E-state index contributed by atoms with van der Waals surface area (Å²) in [5.41, 5.74) is 1.27. The molecule has 146 valence electrons. The molecule has 0 fully saturated rings. The molecule has 29 heavy (non-hydrogen) atoms. The number of carbonyl (C=O) groups is 2. The van der Waals surface area contributed by atoms with Gasteiger partial charge in [-0.1, -0.05) is 18.2 Å². The second-order valence-corrected chi connectivity index (χ2v) is 7.20. The van der Waals surface area contributed by atoms with Gasteiger partial charge in [-0.05, 0) is 42.8 Å². The number of aryl methyl sites for hydroxylation is 1. The molecule has 0 aliphatic heterocycles. The maximum atomic E-state index is 13.1. The lowest BCUT2D eigenvalue weighted by atomic mass is 9.81. The van der Waals surface area contributed by atoms with Crippen LogP contribution in [0.3, 0.4) is 0 Å². The van der Waals surface area contributed by atoms with Gasteiger partial charge >= 0.3 is 0 Å². The molecule has 0 spiro atoms. The molecule has 6 heteroatoms. The van der Waals surface area contributed by atoms with Crippen molar-refractivity contribution in [3.8, 4) is 17.2 Å². The number of hydrogen-bond acceptors (Lipinski definition) is 6. The van der Waals surface area contributed by atoms with Gasteiger partial charge in [-0.3, -0.25) is 9.59 Å². The highest BCUT2D eigenvalue weighted by Crippen LogP contribution is 2.42. The van der Waals surface area contributed by atoms with Gasteiger partial charge < -0.3 is 20.2 Å². The van der Waals surface area contributed by atoms with Gasteiger partial charge in [0.2, 0.25) is 5.78 Å². The van der Waals surface area contributed by atoms with E-state index in [2.05, 4.69) is 0 Å². The third kappa shape index (κ3) is 2.89. The SMILES string of the molecule is Cc1cc(O)c2c(c1)C(=O)c1cc(O)c(CN(C)c3ccccc3)c(O)c1C2=O. The van der Waals surface area contributed by atoms with Crippen molar-refractivity contribution < 1.29 is 24.9 Å². The first-order valence-electron chi connectivity index (χ1n) is 9.06. The van der Waals surface area contributed by atoms with Crippen LogP contribution in [-0.4, -0.2) is 33.9 Å². The number of ketones is 2. The highest BCUT2D eigenvalue weighted by Gasteiger charge is 2.36. The fourth-order valence-electron chi connectivity index (χ4n) is 3.73. The van der Waals surface area contributed by atoms with Crippen molar-refractivity contribution in [1.82, 2.24) is 0 Å². The summed E-state index contributed by atoms with van der Waals surface area (Å²) in [6.45, 7) is 1.81. The Morgan fingerprint density at radius 1 is 0.828 bits per heavy atom. The van der Waals surface area contributed by atoms with Crippen LogP contribution in [0.1, 0.15) is 43.0 Å². The Bertz CT molecular complexity index is 1170. The standard InChI is InChI=1S/C23H19NO5/c1-12-8-14-19(18(26)9-12)23(29)20-15(21(14)27)10-17(25)16(22(20)28)11-24(2)13-6-4-3-5-7-13/h3-10,25-26,28H,11H2,1-2H3. The van der Waals surface area contributed by atoms with Gasteiger partial charge in [0.1, 0.15) is 17.2 Å². The number of rotatable bonds is 3. The van der Waals surface area contributed by atoms with E-state index in [0.29, 0.717) is 5.56 Å². The minimum Gasteiger partial charge on any atom is -0.507 e. The van der Waals surface area contributed by atoms with E-state index in [0.717, 1.165) is 5.69 Å². The normalized spacial score (nSPS) is 12.5. The van der Waals surface area contributed by atoms with E-state index in [1.165, 1.54) is 18.2 Å². The zero-order valence-corrected chi connectivity index (χ0v) is 15.9. The van der Waals surface area contributed by atoms with Crippen molar-refractivity contribution >= 4 is 17.3 Å². The smallest absolute Gasteiger partial charge is 0.201 e. The lowest BCUT2D eigenvalue weighted by molar-refractivity contribution is 0.0973. The second-order valence-electron chi connectivity index (χ2n) is 7.20. The highest BCUT2D eigenvalue weighted by atomic mass is 16.3. The van der Waals surface area contributed by atoms with Crippen molar-refractivity contribution in [1.29, 1.82) is 0 Å². The number of aromatic hydroxyl groups is 3. The Balaban J connectivity index is 1.84. The Morgan fingerprint density at radius 3 is 2.17 bits per heavy atom. The van der Waals surface area contributed by atoms with E-state index in [4.69, 9.17) is 0 Å². The summed E-state index contributed by atoms with van der Waals surface area (Å²) < 4.78 is 0. The zero-order valence-electron chi connectivity index (χ0n) is 15.9. The molecular weight excluding hydrogens is 370 g/mol. The van der Waals surface area contributed by atoms with E-state index in [-0.39, 0.29) is 45.9 Å². The number of anilines is 1. The van der Waals surface area contributed by atoms with Crippen LogP contribution in [-0.2, 0) is 6.54 Å². The predicted molar refractivity (Wildman–Crippen MR) is 108 cm³/mol. The lowest BCUT2D eigenvalue weighted by Crippen LogP contribution is -2.23. The van der Waals surface area contributed by atoms with Crippen LogP contribution in [0.5, 0.6) is 17.2 Å². The number of carbonyl (C=O) groups excluding carboxylic acids is 2. The largest absolute Gasteiger partial charge is 0.507 e. The molecule has 1 aliphatic rings. The summed E-state index contributed by atoms with van der Waals surface area (Å²) in [6.07, 6.45) is 0. The van der Waals surface area contributed by atoms with E-state index < -0.39 is 17.3 Å². The molecule has 0 amide bonds. The fraction of sp³-hybridized carbons (Fsp3) is 0.130. The van der Waals surface area contributed by atoms with Crippen molar-refractivity contribution in [2.75, 3.05) is 11.9 Å². The molecule has 3 N–H and O–H groups in total. The molecule has 3 aromatic carbocycles. The van der Waals surface area contributed by atoms with Gasteiger partial charge in [-0.2, -0.15) is 0 Å². The van der Waals surface area contributed by atoms with Crippen LogP contribution in [0.25, 0.3) is 0 Å². The Kier molecular flexibility index (Phi) is 4.27. The number of hydrogen-bond donors (Lipinski definition) is 3. The molecule has 0 heterocycles. The molecule has 0 radical (unpaired) electrons. The average molecular weight is 389 g/mol. The number of benzene rings is 3. The first kappa shape index (κ1) is 18.6. The topological polar surface area (TPSA) is 98.1 Å². The van der Waals surface area contributed by atoms with Gasteiger partial charge in [-0.15, -0.1) is 0 Å². The van der Waals surface area contributed by atoms with Crippen LogP contribution >= 0.6 is 0 Å². The molecule has 0 bridgehead atoms. The fourth-order valence-corrected chi connectivity index (χ4v) is 3.73. The minimum absolute atomic E-state index is 0.0629. The Labute approximate surface area is 167 Å². The van der Waals surface area contributed by atoms with E-state index in [1.807, 2.05) is 30.3 Å². The quantitative estimate of drug-likeness (QED) is 0.496. The van der Waals surface area contributed by atoms with Gasteiger partial charge in [0.15, 0.2) is 5.78 Å². The average Bonchev–Trinajstić information content (AvgIpc) is 2.68. The Morgan fingerprint density at radius 2 is 1.48 bits per heavy atom. The van der Waals surface area contributed by atoms with E-state index in [1.54, 1.807) is 18.9 Å². The summed E-state index contributed by atoms with van der Waals surface area (Å²) in [7, 11) is 1.78. The van der Waals surface area contributed by atoms with Gasteiger partial charge in [0.05, 0.1) is 16.7 Å². The molecule has 6 nitrogen and oxygen atoms in total. The first-order chi connectivity index (χ1) is 13.8. The molecule has 0 saturated carbocycles. The van der Waals surface area contributed by atoms with Crippen LogP contribution in [0, 0.1) is 6.92 Å². The van der Waals surface area contributed by atoms with Crippen molar-refractivity contribution in [3.63, 3.8) is 0 Å². The Hall–Kier alpha value is -3.80. The minimum atomic E-state index is -0.645. The molecular formula is C23H19NO5. The summed E-state index contributed by atoms with van der Waals surface area (Å²) in [5, 5.41) is 31.6. The molecule has 0 saturated heterocycles. The second kappa shape index (κ2) is 6.67. The maximum absolute atomic E-state index is 13.1. The lowest BCUT2D eigenvalue weighted by Gasteiger charge is -2.24. The number of para-hydroxylation sites is 1.